The Morgan fingerprint density at radius 1 is 1.00 bits per heavy atom. The van der Waals surface area contributed by atoms with Gasteiger partial charge in [0.1, 0.15) is 11.5 Å². The number of carbonyl (C=O) groups excluding carboxylic acids is 1. The molecule has 0 heterocycles. The Morgan fingerprint density at radius 2 is 1.77 bits per heavy atom. The largest absolute Gasteiger partial charge is 0.494 e. The fraction of sp³-hybridized carbons (Fsp3) is 0.208. The Balaban J connectivity index is 1.51. The first-order valence-electron chi connectivity index (χ1n) is 9.78. The fourth-order valence-electron chi connectivity index (χ4n) is 2.85. The number of ether oxygens (including phenoxy) is 2. The number of anilines is 2. The summed E-state index contributed by atoms with van der Waals surface area (Å²) in [5, 5.41) is 6.24. The summed E-state index contributed by atoms with van der Waals surface area (Å²) >= 11 is 3.53. The van der Waals surface area contributed by atoms with E-state index in [-0.39, 0.29) is 12.5 Å². The van der Waals surface area contributed by atoms with Gasteiger partial charge < -0.3 is 20.1 Å². The number of nitrogens with one attached hydrogen (secondary N) is 2. The number of hydrogen-bond acceptors (Lipinski definition) is 4. The average molecular weight is 469 g/mol. The summed E-state index contributed by atoms with van der Waals surface area (Å²) in [6.07, 6.45) is 0. The lowest BCUT2D eigenvalue weighted by Crippen LogP contribution is -2.20. The predicted octanol–water partition coefficient (Wildman–Crippen LogP) is 5.79. The van der Waals surface area contributed by atoms with E-state index < -0.39 is 0 Å². The molecule has 0 saturated carbocycles. The van der Waals surface area contributed by atoms with Gasteiger partial charge >= 0.3 is 0 Å². The third-order valence-corrected chi connectivity index (χ3v) is 5.06. The zero-order valence-electron chi connectivity index (χ0n) is 17.1. The Morgan fingerprint density at radius 3 is 2.47 bits per heavy atom. The first kappa shape index (κ1) is 21.7. The van der Waals surface area contributed by atoms with Crippen molar-refractivity contribution >= 4 is 33.2 Å². The molecule has 0 fully saturated rings. The van der Waals surface area contributed by atoms with Crippen LogP contribution in [0.5, 0.6) is 11.5 Å². The average Bonchev–Trinajstić information content (AvgIpc) is 2.74. The summed E-state index contributed by atoms with van der Waals surface area (Å²) in [5.74, 6) is 1.29. The zero-order chi connectivity index (χ0) is 21.3. The maximum absolute atomic E-state index is 12.2. The van der Waals surface area contributed by atoms with E-state index in [0.29, 0.717) is 18.9 Å². The SMILES string of the molecule is CCOc1ccc(NCc2ccc(OCC(=O)Nc3ccccc3C)c(Br)c2)cc1. The van der Waals surface area contributed by atoms with E-state index in [2.05, 4.69) is 26.6 Å². The Kier molecular flexibility index (Phi) is 7.74. The molecular formula is C24H25BrN2O3. The van der Waals surface area contributed by atoms with E-state index in [1.54, 1.807) is 0 Å². The van der Waals surface area contributed by atoms with Crippen molar-refractivity contribution in [3.8, 4) is 11.5 Å². The first-order valence-corrected chi connectivity index (χ1v) is 10.6. The molecule has 6 heteroatoms. The maximum Gasteiger partial charge on any atom is 0.262 e. The third kappa shape index (κ3) is 6.26. The number of carbonyl (C=O) groups is 1. The van der Waals surface area contributed by atoms with Crippen LogP contribution in [-0.4, -0.2) is 19.1 Å². The van der Waals surface area contributed by atoms with Gasteiger partial charge in [-0.2, -0.15) is 0 Å². The molecule has 3 aromatic carbocycles. The van der Waals surface area contributed by atoms with Crippen molar-refractivity contribution in [3.63, 3.8) is 0 Å². The van der Waals surface area contributed by atoms with E-state index in [4.69, 9.17) is 9.47 Å². The highest BCUT2D eigenvalue weighted by Gasteiger charge is 2.08. The number of benzene rings is 3. The number of hydrogen-bond donors (Lipinski definition) is 2. The van der Waals surface area contributed by atoms with E-state index in [9.17, 15) is 4.79 Å². The third-order valence-electron chi connectivity index (χ3n) is 4.44. The van der Waals surface area contributed by atoms with Crippen LogP contribution in [0, 0.1) is 6.92 Å². The second-order valence-electron chi connectivity index (χ2n) is 6.73. The van der Waals surface area contributed by atoms with E-state index >= 15 is 0 Å². The number of aryl methyl sites for hydroxylation is 1. The van der Waals surface area contributed by atoms with Crippen molar-refractivity contribution < 1.29 is 14.3 Å². The van der Waals surface area contributed by atoms with Gasteiger partial charge in [0, 0.05) is 17.9 Å². The van der Waals surface area contributed by atoms with E-state index in [0.717, 1.165) is 32.7 Å². The zero-order valence-corrected chi connectivity index (χ0v) is 18.7. The lowest BCUT2D eigenvalue weighted by molar-refractivity contribution is -0.118. The van der Waals surface area contributed by atoms with Crippen molar-refractivity contribution in [2.75, 3.05) is 23.8 Å². The van der Waals surface area contributed by atoms with Gasteiger partial charge in [-0.05, 0) is 83.4 Å². The Bertz CT molecular complexity index is 990. The van der Waals surface area contributed by atoms with Crippen molar-refractivity contribution in [2.45, 2.75) is 20.4 Å². The number of para-hydroxylation sites is 1. The molecule has 0 unspecified atom stereocenters. The second-order valence-corrected chi connectivity index (χ2v) is 7.58. The summed E-state index contributed by atoms with van der Waals surface area (Å²) < 4.78 is 11.9. The van der Waals surface area contributed by atoms with Crippen LogP contribution in [0.2, 0.25) is 0 Å². The minimum absolute atomic E-state index is 0.0588. The van der Waals surface area contributed by atoms with Crippen LogP contribution in [0.15, 0.2) is 71.2 Å². The number of halogens is 1. The van der Waals surface area contributed by atoms with E-state index in [1.165, 1.54) is 0 Å². The quantitative estimate of drug-likeness (QED) is 0.417. The lowest BCUT2D eigenvalue weighted by Gasteiger charge is -2.12. The molecule has 0 bridgehead atoms. The molecule has 0 atom stereocenters. The summed E-state index contributed by atoms with van der Waals surface area (Å²) in [6, 6.07) is 21.3. The van der Waals surface area contributed by atoms with Crippen molar-refractivity contribution in [1.29, 1.82) is 0 Å². The van der Waals surface area contributed by atoms with Crippen LogP contribution in [0.1, 0.15) is 18.1 Å². The Labute approximate surface area is 185 Å². The van der Waals surface area contributed by atoms with Crippen LogP contribution in [0.4, 0.5) is 11.4 Å². The molecule has 30 heavy (non-hydrogen) atoms. The fourth-order valence-corrected chi connectivity index (χ4v) is 3.39. The van der Waals surface area contributed by atoms with Gasteiger partial charge in [0.2, 0.25) is 0 Å². The monoisotopic (exact) mass is 468 g/mol. The van der Waals surface area contributed by atoms with E-state index in [1.807, 2.05) is 80.6 Å². The first-order chi connectivity index (χ1) is 14.5. The topological polar surface area (TPSA) is 59.6 Å². The van der Waals surface area contributed by atoms with Crippen LogP contribution < -0.4 is 20.1 Å². The Hall–Kier alpha value is -2.99. The van der Waals surface area contributed by atoms with Crippen LogP contribution in [0.25, 0.3) is 0 Å². The van der Waals surface area contributed by atoms with Gasteiger partial charge in [-0.15, -0.1) is 0 Å². The van der Waals surface area contributed by atoms with Crippen molar-refractivity contribution in [2.24, 2.45) is 0 Å². The number of amides is 1. The smallest absolute Gasteiger partial charge is 0.262 e. The van der Waals surface area contributed by atoms with Crippen LogP contribution >= 0.6 is 15.9 Å². The maximum atomic E-state index is 12.2. The summed E-state index contributed by atoms with van der Waals surface area (Å²) in [4.78, 5) is 12.2. The highest BCUT2D eigenvalue weighted by molar-refractivity contribution is 9.10. The molecule has 0 aliphatic heterocycles. The molecule has 3 aromatic rings. The molecule has 1 amide bonds. The molecular weight excluding hydrogens is 444 g/mol. The molecule has 0 saturated heterocycles. The predicted molar refractivity (Wildman–Crippen MR) is 124 cm³/mol. The van der Waals surface area contributed by atoms with Gasteiger partial charge in [-0.1, -0.05) is 24.3 Å². The van der Waals surface area contributed by atoms with Gasteiger partial charge in [0.25, 0.3) is 5.91 Å². The molecule has 156 valence electrons. The summed E-state index contributed by atoms with van der Waals surface area (Å²) in [5.41, 5.74) is 3.91. The standard InChI is InChI=1S/C24H25BrN2O3/c1-3-29-20-11-9-19(10-12-20)26-15-18-8-13-23(21(25)14-18)30-16-24(28)27-22-7-5-4-6-17(22)2/h4-14,26H,3,15-16H2,1-2H3,(H,27,28). The summed E-state index contributed by atoms with van der Waals surface area (Å²) in [7, 11) is 0. The van der Waals surface area contributed by atoms with Crippen molar-refractivity contribution in [1.82, 2.24) is 0 Å². The van der Waals surface area contributed by atoms with Crippen LogP contribution in [0.3, 0.4) is 0 Å². The lowest BCUT2D eigenvalue weighted by atomic mass is 10.2. The second kappa shape index (κ2) is 10.7. The normalized spacial score (nSPS) is 10.4. The van der Waals surface area contributed by atoms with Gasteiger partial charge in [-0.25, -0.2) is 0 Å². The molecule has 0 radical (unpaired) electrons. The van der Waals surface area contributed by atoms with Crippen LogP contribution in [-0.2, 0) is 11.3 Å². The van der Waals surface area contributed by atoms with Crippen molar-refractivity contribution in [3.05, 3.63) is 82.3 Å². The molecule has 2 N–H and O–H groups in total. The summed E-state index contributed by atoms with van der Waals surface area (Å²) in [6.45, 7) is 5.18. The minimum atomic E-state index is -0.197. The highest BCUT2D eigenvalue weighted by Crippen LogP contribution is 2.27. The highest BCUT2D eigenvalue weighted by atomic mass is 79.9. The number of rotatable bonds is 9. The molecule has 0 aliphatic rings. The minimum Gasteiger partial charge on any atom is -0.494 e. The molecule has 0 aromatic heterocycles. The molecule has 5 nitrogen and oxygen atoms in total. The van der Waals surface area contributed by atoms with Gasteiger partial charge in [0.05, 0.1) is 11.1 Å². The molecule has 0 spiro atoms. The molecule has 0 aliphatic carbocycles. The molecule has 3 rings (SSSR count). The van der Waals surface area contributed by atoms with Gasteiger partial charge in [0.15, 0.2) is 6.61 Å². The van der Waals surface area contributed by atoms with Gasteiger partial charge in [-0.3, -0.25) is 4.79 Å².